The zero-order chi connectivity index (χ0) is 21.6. The Morgan fingerprint density at radius 1 is 1.06 bits per heavy atom. The van der Waals surface area contributed by atoms with Gasteiger partial charge in [0.05, 0.1) is 13.3 Å². The van der Waals surface area contributed by atoms with Gasteiger partial charge in [-0.05, 0) is 53.7 Å². The van der Waals surface area contributed by atoms with Crippen LogP contribution in [-0.4, -0.2) is 28.2 Å². The third-order valence-electron chi connectivity index (χ3n) is 4.48. The lowest BCUT2D eigenvalue weighted by Crippen LogP contribution is -1.99. The first-order valence-corrected chi connectivity index (χ1v) is 10.2. The topological polar surface area (TPSA) is 64.4 Å². The van der Waals surface area contributed by atoms with Gasteiger partial charge in [0.1, 0.15) is 6.61 Å². The molecule has 4 aromatic rings. The summed E-state index contributed by atoms with van der Waals surface area (Å²) < 4.78 is 13.3. The van der Waals surface area contributed by atoms with E-state index in [1.165, 1.54) is 0 Å². The second-order valence-corrected chi connectivity index (χ2v) is 7.43. The molecule has 0 bridgehead atoms. The molecule has 0 aliphatic heterocycles. The minimum absolute atomic E-state index is 0.375. The summed E-state index contributed by atoms with van der Waals surface area (Å²) in [5.74, 6) is 1.84. The highest BCUT2D eigenvalue weighted by Crippen LogP contribution is 2.28. The van der Waals surface area contributed by atoms with Gasteiger partial charge in [-0.1, -0.05) is 54.1 Å². The fraction of sp³-hybridized carbons (Fsp3) is 0.0870. The van der Waals surface area contributed by atoms with Gasteiger partial charge in [-0.3, -0.25) is 0 Å². The van der Waals surface area contributed by atoms with Gasteiger partial charge in [0, 0.05) is 10.6 Å². The van der Waals surface area contributed by atoms with Gasteiger partial charge in [0.2, 0.25) is 4.77 Å². The summed E-state index contributed by atoms with van der Waals surface area (Å²) in [6.07, 6.45) is 1.69. The van der Waals surface area contributed by atoms with Crippen molar-refractivity contribution in [1.29, 1.82) is 0 Å². The van der Waals surface area contributed by atoms with E-state index in [0.717, 1.165) is 16.7 Å². The van der Waals surface area contributed by atoms with Crippen LogP contribution >= 0.6 is 23.8 Å². The van der Waals surface area contributed by atoms with E-state index in [0.29, 0.717) is 33.7 Å². The second-order valence-electron chi connectivity index (χ2n) is 6.60. The number of halogens is 1. The molecule has 1 N–H and O–H groups in total. The quantitative estimate of drug-likeness (QED) is 0.288. The van der Waals surface area contributed by atoms with Crippen LogP contribution in [0.1, 0.15) is 11.1 Å². The van der Waals surface area contributed by atoms with Crippen molar-refractivity contribution in [2.24, 2.45) is 5.10 Å². The Morgan fingerprint density at radius 2 is 1.90 bits per heavy atom. The predicted molar refractivity (Wildman–Crippen MR) is 125 cm³/mol. The van der Waals surface area contributed by atoms with Crippen molar-refractivity contribution in [2.45, 2.75) is 6.61 Å². The molecular weight excluding hydrogens is 432 g/mol. The van der Waals surface area contributed by atoms with E-state index in [1.807, 2.05) is 60.7 Å². The van der Waals surface area contributed by atoms with Crippen LogP contribution in [0.3, 0.4) is 0 Å². The highest BCUT2D eigenvalue weighted by molar-refractivity contribution is 7.71. The zero-order valence-corrected chi connectivity index (χ0v) is 18.2. The number of rotatable bonds is 7. The maximum Gasteiger partial charge on any atom is 0.216 e. The van der Waals surface area contributed by atoms with Crippen molar-refractivity contribution in [3.63, 3.8) is 0 Å². The minimum atomic E-state index is 0.375. The predicted octanol–water partition coefficient (Wildman–Crippen LogP) is 5.73. The summed E-state index contributed by atoms with van der Waals surface area (Å²) in [4.78, 5) is 0. The molecule has 6 nitrogen and oxygen atoms in total. The fourth-order valence-corrected chi connectivity index (χ4v) is 3.33. The number of nitrogens with zero attached hydrogens (tertiary/aromatic N) is 3. The maximum atomic E-state index is 6.11. The summed E-state index contributed by atoms with van der Waals surface area (Å²) >= 11 is 11.4. The van der Waals surface area contributed by atoms with Gasteiger partial charge in [-0.2, -0.15) is 14.9 Å². The number of hydrogen-bond acceptors (Lipinski definition) is 5. The third-order valence-corrected chi connectivity index (χ3v) is 4.98. The average Bonchev–Trinajstić information content (AvgIpc) is 3.17. The lowest BCUT2D eigenvalue weighted by atomic mass is 10.2. The SMILES string of the molecule is COc1ccc(C=Nn2c(-c3cccc(Cl)c3)n[nH]c2=S)cc1OCc1ccccc1. The number of nitrogens with one attached hydrogen (secondary N) is 1. The number of benzene rings is 3. The highest BCUT2D eigenvalue weighted by Gasteiger charge is 2.09. The summed E-state index contributed by atoms with van der Waals surface area (Å²) in [5.41, 5.74) is 2.70. The molecule has 156 valence electrons. The third kappa shape index (κ3) is 5.02. The van der Waals surface area contributed by atoms with E-state index in [9.17, 15) is 0 Å². The van der Waals surface area contributed by atoms with Crippen LogP contribution in [0.25, 0.3) is 11.4 Å². The number of aromatic nitrogens is 3. The standard InChI is InChI=1S/C23H19ClN4O2S/c1-29-20-11-10-17(12-21(20)30-15-16-6-3-2-4-7-16)14-25-28-22(26-27-23(28)31)18-8-5-9-19(24)13-18/h2-14H,15H2,1H3,(H,27,31). The Labute approximate surface area is 189 Å². The molecule has 0 fully saturated rings. The van der Waals surface area contributed by atoms with Crippen molar-refractivity contribution in [3.8, 4) is 22.9 Å². The summed E-state index contributed by atoms with van der Waals surface area (Å²) in [6, 6.07) is 22.9. The molecule has 0 aliphatic rings. The first-order chi connectivity index (χ1) is 15.1. The number of methoxy groups -OCH3 is 1. The molecule has 0 amide bonds. The maximum absolute atomic E-state index is 6.11. The van der Waals surface area contributed by atoms with E-state index in [4.69, 9.17) is 33.3 Å². The Balaban J connectivity index is 1.60. The largest absolute Gasteiger partial charge is 0.493 e. The molecule has 4 rings (SSSR count). The average molecular weight is 451 g/mol. The summed E-state index contributed by atoms with van der Waals surface area (Å²) in [7, 11) is 1.61. The van der Waals surface area contributed by atoms with E-state index in [1.54, 1.807) is 30.1 Å². The lowest BCUT2D eigenvalue weighted by Gasteiger charge is -2.11. The Morgan fingerprint density at radius 3 is 2.68 bits per heavy atom. The molecule has 0 atom stereocenters. The van der Waals surface area contributed by atoms with Gasteiger partial charge in [-0.15, -0.1) is 0 Å². The smallest absolute Gasteiger partial charge is 0.216 e. The summed E-state index contributed by atoms with van der Waals surface area (Å²) in [5, 5.41) is 12.2. The van der Waals surface area contributed by atoms with Crippen molar-refractivity contribution in [2.75, 3.05) is 7.11 Å². The van der Waals surface area contributed by atoms with Gasteiger partial charge in [0.25, 0.3) is 0 Å². The number of H-pyrrole nitrogens is 1. The molecule has 3 aromatic carbocycles. The van der Waals surface area contributed by atoms with Gasteiger partial charge >= 0.3 is 0 Å². The van der Waals surface area contributed by atoms with Crippen LogP contribution in [0.5, 0.6) is 11.5 Å². The molecular formula is C23H19ClN4O2S. The monoisotopic (exact) mass is 450 g/mol. The zero-order valence-electron chi connectivity index (χ0n) is 16.7. The Hall–Kier alpha value is -3.42. The van der Waals surface area contributed by atoms with E-state index < -0.39 is 0 Å². The van der Waals surface area contributed by atoms with E-state index in [2.05, 4.69) is 15.3 Å². The second kappa shape index (κ2) is 9.59. The molecule has 0 aliphatic carbocycles. The van der Waals surface area contributed by atoms with Crippen molar-refractivity contribution in [1.82, 2.24) is 14.9 Å². The highest BCUT2D eigenvalue weighted by atomic mass is 35.5. The first-order valence-electron chi connectivity index (χ1n) is 9.46. The number of ether oxygens (including phenoxy) is 2. The molecule has 0 unspecified atom stereocenters. The molecule has 0 spiro atoms. The van der Waals surface area contributed by atoms with Crippen molar-refractivity contribution >= 4 is 30.0 Å². The van der Waals surface area contributed by atoms with Crippen molar-refractivity contribution < 1.29 is 9.47 Å². The van der Waals surface area contributed by atoms with Gasteiger partial charge in [-0.25, -0.2) is 5.10 Å². The van der Waals surface area contributed by atoms with E-state index in [-0.39, 0.29) is 0 Å². The summed E-state index contributed by atoms with van der Waals surface area (Å²) in [6.45, 7) is 0.434. The van der Waals surface area contributed by atoms with Crippen LogP contribution in [0.2, 0.25) is 5.02 Å². The minimum Gasteiger partial charge on any atom is -0.493 e. The van der Waals surface area contributed by atoms with Crippen LogP contribution < -0.4 is 9.47 Å². The molecule has 31 heavy (non-hydrogen) atoms. The van der Waals surface area contributed by atoms with Crippen LogP contribution in [-0.2, 0) is 6.61 Å². The molecule has 0 radical (unpaired) electrons. The molecule has 1 heterocycles. The van der Waals surface area contributed by atoms with Gasteiger partial charge in [0.15, 0.2) is 17.3 Å². The number of hydrogen-bond donors (Lipinski definition) is 1. The van der Waals surface area contributed by atoms with Crippen LogP contribution in [0.15, 0.2) is 77.9 Å². The Bertz CT molecular complexity index is 1270. The molecule has 8 heteroatoms. The first kappa shape index (κ1) is 20.8. The Kier molecular flexibility index (Phi) is 6.45. The molecule has 0 saturated heterocycles. The van der Waals surface area contributed by atoms with Gasteiger partial charge < -0.3 is 9.47 Å². The van der Waals surface area contributed by atoms with Crippen LogP contribution in [0, 0.1) is 4.77 Å². The number of aromatic amines is 1. The lowest BCUT2D eigenvalue weighted by molar-refractivity contribution is 0.284. The molecule has 1 aromatic heterocycles. The normalized spacial score (nSPS) is 11.0. The van der Waals surface area contributed by atoms with E-state index >= 15 is 0 Å². The molecule has 0 saturated carbocycles. The van der Waals surface area contributed by atoms with Crippen LogP contribution in [0.4, 0.5) is 0 Å². The fourth-order valence-electron chi connectivity index (χ4n) is 2.96. The van der Waals surface area contributed by atoms with Crippen molar-refractivity contribution in [3.05, 3.63) is 93.7 Å².